The van der Waals surface area contributed by atoms with Gasteiger partial charge < -0.3 is 15.0 Å². The fourth-order valence-corrected chi connectivity index (χ4v) is 5.03. The molecular weight excluding hydrogens is 410 g/mol. The van der Waals surface area contributed by atoms with Crippen molar-refractivity contribution in [1.29, 1.82) is 0 Å². The molecule has 7 heteroatoms. The third-order valence-corrected chi connectivity index (χ3v) is 6.73. The van der Waals surface area contributed by atoms with Crippen LogP contribution >= 0.6 is 11.3 Å². The van der Waals surface area contributed by atoms with Gasteiger partial charge in [-0.1, -0.05) is 48.9 Å². The van der Waals surface area contributed by atoms with E-state index in [2.05, 4.69) is 17.2 Å². The van der Waals surface area contributed by atoms with E-state index < -0.39 is 0 Å². The maximum Gasteiger partial charge on any atom is 0.231 e. The highest BCUT2D eigenvalue weighted by atomic mass is 32.1. The number of methoxy groups -OCH3 is 1. The first kappa shape index (κ1) is 21.3. The zero-order valence-corrected chi connectivity index (χ0v) is 18.7. The molecule has 1 aromatic heterocycles. The largest absolute Gasteiger partial charge is 0.497 e. The number of fused-ring (bicyclic) bond motifs is 1. The summed E-state index contributed by atoms with van der Waals surface area (Å²) in [6, 6.07) is 15.2. The minimum Gasteiger partial charge on any atom is -0.497 e. The number of unbranched alkanes of at least 4 members (excludes halogenated alkanes) is 1. The molecule has 162 valence electrons. The van der Waals surface area contributed by atoms with Crippen molar-refractivity contribution in [3.8, 4) is 5.75 Å². The summed E-state index contributed by atoms with van der Waals surface area (Å²) in [5.74, 6) is 0.434. The lowest BCUT2D eigenvalue weighted by molar-refractivity contribution is -0.142. The molecule has 1 fully saturated rings. The molecule has 2 amide bonds. The van der Waals surface area contributed by atoms with E-state index in [0.29, 0.717) is 24.5 Å². The van der Waals surface area contributed by atoms with Gasteiger partial charge in [-0.05, 0) is 42.7 Å². The smallest absolute Gasteiger partial charge is 0.231 e. The van der Waals surface area contributed by atoms with Crippen molar-refractivity contribution in [2.75, 3.05) is 19.0 Å². The van der Waals surface area contributed by atoms with Gasteiger partial charge in [-0.3, -0.25) is 9.59 Å². The van der Waals surface area contributed by atoms with E-state index in [4.69, 9.17) is 4.74 Å². The fourth-order valence-electron chi connectivity index (χ4n) is 4.16. The average molecular weight is 438 g/mol. The monoisotopic (exact) mass is 437 g/mol. The van der Waals surface area contributed by atoms with Crippen LogP contribution < -0.4 is 10.1 Å². The van der Waals surface area contributed by atoms with Crippen LogP contribution in [0, 0.1) is 5.92 Å². The second-order valence-corrected chi connectivity index (χ2v) is 8.81. The molecule has 2 atom stereocenters. The number of anilines is 1. The van der Waals surface area contributed by atoms with Crippen LogP contribution in [0.3, 0.4) is 0 Å². The van der Waals surface area contributed by atoms with Crippen molar-refractivity contribution < 1.29 is 14.3 Å². The molecule has 1 aliphatic heterocycles. The Morgan fingerprint density at radius 3 is 2.71 bits per heavy atom. The molecule has 4 rings (SSSR count). The van der Waals surface area contributed by atoms with Gasteiger partial charge in [0.1, 0.15) is 5.75 Å². The highest BCUT2D eigenvalue weighted by Gasteiger charge is 2.40. The number of rotatable bonds is 7. The number of para-hydroxylation sites is 1. The number of aromatic nitrogens is 1. The molecule has 0 saturated carbocycles. The number of likely N-dealkylation sites (tertiary alicyclic amines) is 1. The Balaban J connectivity index is 1.63. The third kappa shape index (κ3) is 4.56. The number of nitrogens with one attached hydrogen (secondary N) is 1. The van der Waals surface area contributed by atoms with Crippen molar-refractivity contribution in [1.82, 2.24) is 9.88 Å². The van der Waals surface area contributed by atoms with Crippen molar-refractivity contribution in [3.05, 3.63) is 54.1 Å². The van der Waals surface area contributed by atoms with Crippen molar-refractivity contribution in [3.63, 3.8) is 0 Å². The minimum absolute atomic E-state index is 0.0890. The summed E-state index contributed by atoms with van der Waals surface area (Å²) in [4.78, 5) is 32.6. The number of benzene rings is 2. The lowest BCUT2D eigenvalue weighted by Crippen LogP contribution is -2.47. The number of hydrogen-bond donors (Lipinski definition) is 1. The molecule has 0 spiro atoms. The maximum atomic E-state index is 13.4. The lowest BCUT2D eigenvalue weighted by atomic mass is 9.83. The van der Waals surface area contributed by atoms with Crippen LogP contribution in [0.15, 0.2) is 48.5 Å². The molecule has 6 nitrogen and oxygen atoms in total. The summed E-state index contributed by atoms with van der Waals surface area (Å²) in [5.41, 5.74) is 1.83. The van der Waals surface area contributed by atoms with Gasteiger partial charge in [0.15, 0.2) is 5.13 Å². The Kier molecular flexibility index (Phi) is 6.51. The van der Waals surface area contributed by atoms with Crippen molar-refractivity contribution in [2.45, 2.75) is 38.6 Å². The highest BCUT2D eigenvalue weighted by Crippen LogP contribution is 2.38. The molecule has 3 aromatic rings. The molecule has 1 saturated heterocycles. The molecule has 1 N–H and O–H groups in total. The highest BCUT2D eigenvalue weighted by molar-refractivity contribution is 7.22. The molecule has 31 heavy (non-hydrogen) atoms. The Morgan fingerprint density at radius 2 is 2.00 bits per heavy atom. The lowest BCUT2D eigenvalue weighted by Gasteiger charge is -2.41. The van der Waals surface area contributed by atoms with Gasteiger partial charge in [0.25, 0.3) is 0 Å². The predicted octanol–water partition coefficient (Wildman–Crippen LogP) is 5.02. The molecule has 0 unspecified atom stereocenters. The minimum atomic E-state index is -0.338. The number of carbonyl (C=O) groups excluding carboxylic acids is 2. The van der Waals surface area contributed by atoms with Crippen LogP contribution in [0.1, 0.15) is 44.2 Å². The average Bonchev–Trinajstić information content (AvgIpc) is 3.20. The van der Waals surface area contributed by atoms with Crippen molar-refractivity contribution in [2.24, 2.45) is 5.92 Å². The van der Waals surface area contributed by atoms with Crippen LogP contribution in [-0.2, 0) is 9.59 Å². The number of carbonyl (C=O) groups is 2. The second kappa shape index (κ2) is 9.47. The summed E-state index contributed by atoms with van der Waals surface area (Å²) < 4.78 is 6.32. The summed E-state index contributed by atoms with van der Waals surface area (Å²) >= 11 is 1.47. The first-order valence-corrected chi connectivity index (χ1v) is 11.5. The van der Waals surface area contributed by atoms with Crippen LogP contribution in [-0.4, -0.2) is 35.4 Å². The fraction of sp³-hybridized carbons (Fsp3) is 0.375. The first-order chi connectivity index (χ1) is 15.1. The van der Waals surface area contributed by atoms with Gasteiger partial charge >= 0.3 is 0 Å². The molecule has 2 aromatic carbocycles. The zero-order chi connectivity index (χ0) is 21.8. The van der Waals surface area contributed by atoms with Gasteiger partial charge in [-0.2, -0.15) is 0 Å². The second-order valence-electron chi connectivity index (χ2n) is 7.78. The van der Waals surface area contributed by atoms with E-state index in [1.54, 1.807) is 7.11 Å². The maximum absolute atomic E-state index is 13.4. The number of thiazole rings is 1. The molecule has 2 heterocycles. The Morgan fingerprint density at radius 1 is 1.23 bits per heavy atom. The SMILES string of the molecule is CCCCN1C(=O)CC[C@@H](C(=O)Nc2nc3ccccc3s2)[C@@H]1c1ccc(OC)cc1. The van der Waals surface area contributed by atoms with Gasteiger partial charge in [-0.15, -0.1) is 0 Å². The third-order valence-electron chi connectivity index (χ3n) is 5.78. The van der Waals surface area contributed by atoms with Crippen LogP contribution in [0.25, 0.3) is 10.2 Å². The standard InChI is InChI=1S/C24H27N3O3S/c1-3-4-15-27-21(28)14-13-18(22(27)16-9-11-17(30-2)12-10-16)23(29)26-24-25-19-7-5-6-8-20(19)31-24/h5-12,18,22H,3-4,13-15H2,1-2H3,(H,25,26,29)/t18-,22+/m1/s1. The number of hydrogen-bond acceptors (Lipinski definition) is 5. The van der Waals surface area contributed by atoms with Crippen molar-refractivity contribution >= 4 is 38.5 Å². The summed E-state index contributed by atoms with van der Waals surface area (Å²) in [5, 5.41) is 3.61. The topological polar surface area (TPSA) is 71.5 Å². The van der Waals surface area contributed by atoms with E-state index in [0.717, 1.165) is 34.4 Å². The van der Waals surface area contributed by atoms with Gasteiger partial charge in [0, 0.05) is 13.0 Å². The Labute approximate surface area is 186 Å². The Bertz CT molecular complexity index is 1030. The molecule has 0 bridgehead atoms. The van der Waals surface area contributed by atoms with Crippen LogP contribution in [0.2, 0.25) is 0 Å². The number of ether oxygens (including phenoxy) is 1. The van der Waals surface area contributed by atoms with Gasteiger partial charge in [-0.25, -0.2) is 4.98 Å². The quantitative estimate of drug-likeness (QED) is 0.563. The number of nitrogens with zero attached hydrogens (tertiary/aromatic N) is 2. The van der Waals surface area contributed by atoms with E-state index in [9.17, 15) is 9.59 Å². The zero-order valence-electron chi connectivity index (χ0n) is 17.8. The summed E-state index contributed by atoms with van der Waals surface area (Å²) in [6.45, 7) is 2.76. The number of piperidine rings is 1. The first-order valence-electron chi connectivity index (χ1n) is 10.7. The predicted molar refractivity (Wildman–Crippen MR) is 123 cm³/mol. The molecule has 0 aliphatic carbocycles. The van der Waals surface area contributed by atoms with E-state index >= 15 is 0 Å². The summed E-state index contributed by atoms with van der Waals surface area (Å²) in [7, 11) is 1.63. The van der Waals surface area contributed by atoms with E-state index in [1.165, 1.54) is 11.3 Å². The summed E-state index contributed by atoms with van der Waals surface area (Å²) in [6.07, 6.45) is 2.80. The van der Waals surface area contributed by atoms with Crippen LogP contribution in [0.4, 0.5) is 5.13 Å². The molecule has 1 aliphatic rings. The molecule has 0 radical (unpaired) electrons. The normalized spacial score (nSPS) is 18.9. The molecular formula is C24H27N3O3S. The van der Waals surface area contributed by atoms with E-state index in [1.807, 2.05) is 53.4 Å². The van der Waals surface area contributed by atoms with Gasteiger partial charge in [0.05, 0.1) is 29.3 Å². The number of amides is 2. The van der Waals surface area contributed by atoms with Gasteiger partial charge in [0.2, 0.25) is 11.8 Å². The Hall–Kier alpha value is -2.93. The van der Waals surface area contributed by atoms with Crippen LogP contribution in [0.5, 0.6) is 5.75 Å². The van der Waals surface area contributed by atoms with E-state index in [-0.39, 0.29) is 23.8 Å².